The van der Waals surface area contributed by atoms with Crippen molar-refractivity contribution in [3.05, 3.63) is 0 Å². The second kappa shape index (κ2) is 41.9. The first-order chi connectivity index (χ1) is 31.7. The highest BCUT2D eigenvalue weighted by molar-refractivity contribution is 5.91. The molecule has 0 radical (unpaired) electrons. The highest BCUT2D eigenvalue weighted by Gasteiger charge is 2.40. The van der Waals surface area contributed by atoms with Crippen molar-refractivity contribution in [1.29, 1.82) is 0 Å². The minimum absolute atomic E-state index is 0.0250. The number of nitrogens with zero attached hydrogens (tertiary/aromatic N) is 1. The number of carbonyl (C=O) groups excluding carboxylic acids is 6. The molecule has 0 bridgehead atoms. The number of hydrogen-bond acceptors (Lipinski definition) is 12. The molecule has 0 aromatic carbocycles. The fourth-order valence-electron chi connectivity index (χ4n) is 7.75. The maximum absolute atomic E-state index is 13.6. The van der Waals surface area contributed by atoms with Crippen LogP contribution in [0.4, 0.5) is 0 Å². The lowest BCUT2D eigenvalue weighted by Gasteiger charge is -2.32. The predicted octanol–water partition coefficient (Wildman–Crippen LogP) is 11.4. The molecule has 0 aromatic rings. The molecule has 0 saturated heterocycles. The number of esters is 5. The van der Waals surface area contributed by atoms with E-state index in [1.165, 1.54) is 83.5 Å². The second-order valence-corrected chi connectivity index (χ2v) is 19.5. The lowest BCUT2D eigenvalue weighted by molar-refractivity contribution is -0.170. The number of carbonyl (C=O) groups is 6. The van der Waals surface area contributed by atoms with Gasteiger partial charge in [-0.25, -0.2) is 0 Å². The summed E-state index contributed by atoms with van der Waals surface area (Å²) in [5.41, 5.74) is -1.24. The van der Waals surface area contributed by atoms with Crippen LogP contribution in [0.1, 0.15) is 228 Å². The summed E-state index contributed by atoms with van der Waals surface area (Å²) in [5.74, 6) is -3.19. The zero-order chi connectivity index (χ0) is 49.3. The summed E-state index contributed by atoms with van der Waals surface area (Å²) in [6, 6.07) is 0. The summed E-state index contributed by atoms with van der Waals surface area (Å²) in [4.78, 5) is 79.5. The molecule has 0 saturated carbocycles. The number of nitrogens with one attached hydrogen (secondary N) is 1. The van der Waals surface area contributed by atoms with Gasteiger partial charge in [0.15, 0.2) is 6.10 Å². The average Bonchev–Trinajstić information content (AvgIpc) is 3.27. The molecular formula is C53H98N2O11. The summed E-state index contributed by atoms with van der Waals surface area (Å²) in [5, 5.41) is 2.65. The SMILES string of the molecule is CCCCCCCCC(CCCCCC)COC(=O)CCCC(=O)O[C@@H](C(=O)NCCC(=O)OCCN(C)C)C(C)(C)COC(=O)CC(=O)OCC(CCCCCC)CCCCCCCC. The molecule has 2 unspecified atom stereocenters. The van der Waals surface area contributed by atoms with Gasteiger partial charge in [-0.05, 0) is 58.0 Å². The first-order valence-corrected chi connectivity index (χ1v) is 26.4. The lowest BCUT2D eigenvalue weighted by Crippen LogP contribution is -2.49. The second-order valence-electron chi connectivity index (χ2n) is 19.5. The minimum Gasteiger partial charge on any atom is -0.465 e. The fraction of sp³-hybridized carbons (Fsp3) is 0.887. The van der Waals surface area contributed by atoms with E-state index in [0.717, 1.165) is 70.6 Å². The third-order valence-corrected chi connectivity index (χ3v) is 12.1. The van der Waals surface area contributed by atoms with Crippen molar-refractivity contribution in [2.75, 3.05) is 53.6 Å². The number of unbranched alkanes of at least 4 members (excludes halogenated alkanes) is 16. The van der Waals surface area contributed by atoms with E-state index >= 15 is 0 Å². The van der Waals surface area contributed by atoms with E-state index in [1.54, 1.807) is 13.8 Å². The van der Waals surface area contributed by atoms with Crippen LogP contribution in [0.5, 0.6) is 0 Å². The molecule has 386 valence electrons. The summed E-state index contributed by atoms with van der Waals surface area (Å²) in [6.07, 6.45) is 25.6. The molecule has 0 heterocycles. The van der Waals surface area contributed by atoms with E-state index in [2.05, 4.69) is 33.0 Å². The summed E-state index contributed by atoms with van der Waals surface area (Å²) in [6.45, 7) is 13.0. The van der Waals surface area contributed by atoms with Crippen molar-refractivity contribution in [3.63, 3.8) is 0 Å². The molecule has 1 amide bonds. The summed E-state index contributed by atoms with van der Waals surface area (Å²) < 4.78 is 27.7. The maximum atomic E-state index is 13.6. The third kappa shape index (κ3) is 36.8. The van der Waals surface area contributed by atoms with Gasteiger partial charge in [-0.2, -0.15) is 0 Å². The molecule has 0 aromatic heterocycles. The number of likely N-dealkylation sites (N-methyl/N-ethyl adjacent to an activating group) is 1. The van der Waals surface area contributed by atoms with Gasteiger partial charge < -0.3 is 33.9 Å². The van der Waals surface area contributed by atoms with E-state index in [1.807, 2.05) is 19.0 Å². The Morgan fingerprint density at radius 3 is 1.38 bits per heavy atom. The van der Waals surface area contributed by atoms with Crippen molar-refractivity contribution >= 4 is 35.8 Å². The predicted molar refractivity (Wildman–Crippen MR) is 263 cm³/mol. The van der Waals surface area contributed by atoms with Crippen LogP contribution in [-0.2, 0) is 52.5 Å². The molecule has 0 spiro atoms. The van der Waals surface area contributed by atoms with Crippen LogP contribution >= 0.6 is 0 Å². The van der Waals surface area contributed by atoms with Crippen molar-refractivity contribution in [1.82, 2.24) is 10.2 Å². The van der Waals surface area contributed by atoms with E-state index in [4.69, 9.17) is 23.7 Å². The van der Waals surface area contributed by atoms with Crippen LogP contribution in [0.25, 0.3) is 0 Å². The van der Waals surface area contributed by atoms with Gasteiger partial charge in [0.05, 0.1) is 19.6 Å². The average molecular weight is 939 g/mol. The fourth-order valence-corrected chi connectivity index (χ4v) is 7.75. The zero-order valence-corrected chi connectivity index (χ0v) is 43.4. The quantitative estimate of drug-likeness (QED) is 0.0266. The smallest absolute Gasteiger partial charge is 0.317 e. The Balaban J connectivity index is 5.42. The molecule has 0 rings (SSSR count). The lowest BCUT2D eigenvalue weighted by atomic mass is 9.86. The number of rotatable bonds is 45. The van der Waals surface area contributed by atoms with E-state index in [9.17, 15) is 28.8 Å². The van der Waals surface area contributed by atoms with Gasteiger partial charge >= 0.3 is 29.8 Å². The van der Waals surface area contributed by atoms with E-state index in [0.29, 0.717) is 19.1 Å². The third-order valence-electron chi connectivity index (χ3n) is 12.1. The molecule has 13 heteroatoms. The van der Waals surface area contributed by atoms with Gasteiger partial charge in [0.25, 0.3) is 5.91 Å². The van der Waals surface area contributed by atoms with E-state index < -0.39 is 47.7 Å². The topological polar surface area (TPSA) is 164 Å². The molecule has 3 atom stereocenters. The number of hydrogen-bond donors (Lipinski definition) is 1. The molecule has 0 aliphatic rings. The first kappa shape index (κ1) is 62.8. The molecular weight excluding hydrogens is 841 g/mol. The van der Waals surface area contributed by atoms with Gasteiger partial charge in [0.2, 0.25) is 0 Å². The first-order valence-electron chi connectivity index (χ1n) is 26.4. The van der Waals surface area contributed by atoms with Crippen LogP contribution in [0.3, 0.4) is 0 Å². The Hall–Kier alpha value is -3.22. The normalized spacial score (nSPS) is 12.9. The molecule has 0 fully saturated rings. The molecule has 0 aliphatic carbocycles. The summed E-state index contributed by atoms with van der Waals surface area (Å²) >= 11 is 0. The van der Waals surface area contributed by atoms with Crippen molar-refractivity contribution < 1.29 is 52.5 Å². The zero-order valence-electron chi connectivity index (χ0n) is 43.4. The van der Waals surface area contributed by atoms with Crippen LogP contribution in [-0.4, -0.2) is 100 Å². The van der Waals surface area contributed by atoms with Gasteiger partial charge in [-0.3, -0.25) is 28.8 Å². The monoisotopic (exact) mass is 939 g/mol. The number of ether oxygens (including phenoxy) is 5. The highest BCUT2D eigenvalue weighted by atomic mass is 16.6. The Morgan fingerprint density at radius 1 is 0.485 bits per heavy atom. The van der Waals surface area contributed by atoms with Gasteiger partial charge in [-0.15, -0.1) is 0 Å². The Bertz CT molecular complexity index is 1270. The maximum Gasteiger partial charge on any atom is 0.317 e. The van der Waals surface area contributed by atoms with Crippen molar-refractivity contribution in [3.8, 4) is 0 Å². The largest absolute Gasteiger partial charge is 0.465 e. The minimum atomic E-state index is -1.42. The Kier molecular flexibility index (Phi) is 39.9. The van der Waals surface area contributed by atoms with Crippen LogP contribution in [0, 0.1) is 17.3 Å². The summed E-state index contributed by atoms with van der Waals surface area (Å²) in [7, 11) is 3.72. The Morgan fingerprint density at radius 2 is 0.894 bits per heavy atom. The van der Waals surface area contributed by atoms with Crippen LogP contribution in [0.15, 0.2) is 0 Å². The van der Waals surface area contributed by atoms with Crippen molar-refractivity contribution in [2.45, 2.75) is 234 Å². The van der Waals surface area contributed by atoms with Gasteiger partial charge in [-0.1, -0.05) is 170 Å². The highest BCUT2D eigenvalue weighted by Crippen LogP contribution is 2.26. The Labute approximate surface area is 402 Å². The molecule has 0 aliphatic heterocycles. The van der Waals surface area contributed by atoms with Crippen LogP contribution < -0.4 is 5.32 Å². The van der Waals surface area contributed by atoms with Crippen molar-refractivity contribution in [2.24, 2.45) is 17.3 Å². The van der Waals surface area contributed by atoms with Gasteiger partial charge in [0, 0.05) is 31.3 Å². The van der Waals surface area contributed by atoms with E-state index in [-0.39, 0.29) is 63.9 Å². The molecule has 13 nitrogen and oxygen atoms in total. The molecule has 1 N–H and O–H groups in total. The van der Waals surface area contributed by atoms with Crippen LogP contribution in [0.2, 0.25) is 0 Å². The molecule has 66 heavy (non-hydrogen) atoms. The van der Waals surface area contributed by atoms with Gasteiger partial charge in [0.1, 0.15) is 19.6 Å². The standard InChI is InChI=1S/C53H98N2O11/c1-9-13-17-21-23-27-32-44(30-25-19-15-11-3)41-63-46(56)34-29-35-48(58)66-51(52(61)54-37-36-47(57)62-39-38-55(7)8)53(5,6)43-65-50(60)40-49(59)64-42-45(31-26-20-16-12-4)33-28-24-22-18-14-10-2/h44-45,51H,9-43H2,1-8H3,(H,54,61)/t44?,45?,51-/m0/s1. The number of amides is 1.